The summed E-state index contributed by atoms with van der Waals surface area (Å²) in [7, 11) is -0.572. The molecular weight excluding hydrogens is 232 g/mol. The number of carboxylic acids is 1. The van der Waals surface area contributed by atoms with Gasteiger partial charge in [-0.25, -0.2) is 4.72 Å². The zero-order valence-electron chi connectivity index (χ0n) is 9.51. The van der Waals surface area contributed by atoms with Crippen molar-refractivity contribution < 1.29 is 18.3 Å². The van der Waals surface area contributed by atoms with E-state index in [0.29, 0.717) is 6.42 Å². The van der Waals surface area contributed by atoms with Gasteiger partial charge in [-0.1, -0.05) is 6.42 Å². The lowest BCUT2D eigenvalue weighted by molar-refractivity contribution is -0.142. The molecule has 0 aromatic heterocycles. The molecule has 2 atom stereocenters. The summed E-state index contributed by atoms with van der Waals surface area (Å²) < 4.78 is 26.4. The van der Waals surface area contributed by atoms with Gasteiger partial charge in [0, 0.05) is 20.6 Å². The first-order chi connectivity index (χ1) is 7.34. The van der Waals surface area contributed by atoms with E-state index in [0.717, 1.165) is 17.1 Å². The summed E-state index contributed by atoms with van der Waals surface area (Å²) >= 11 is 0. The molecule has 0 heterocycles. The molecule has 0 amide bonds. The quantitative estimate of drug-likeness (QED) is 0.712. The number of nitrogens with zero attached hydrogens (tertiary/aromatic N) is 1. The fourth-order valence-electron chi connectivity index (χ4n) is 1.95. The Morgan fingerprint density at radius 2 is 2.06 bits per heavy atom. The molecule has 0 aliphatic heterocycles. The topological polar surface area (TPSA) is 86.7 Å². The number of hydrogen-bond donors (Lipinski definition) is 2. The highest BCUT2D eigenvalue weighted by molar-refractivity contribution is 7.87. The van der Waals surface area contributed by atoms with Crippen LogP contribution in [0.1, 0.15) is 19.3 Å². The first kappa shape index (κ1) is 13.4. The summed E-state index contributed by atoms with van der Waals surface area (Å²) in [5.74, 6) is -1.33. The highest BCUT2D eigenvalue weighted by Gasteiger charge is 2.33. The minimum Gasteiger partial charge on any atom is -0.481 e. The summed E-state index contributed by atoms with van der Waals surface area (Å²) in [5, 5.41) is 8.93. The second-order valence-corrected chi connectivity index (χ2v) is 6.24. The maximum atomic E-state index is 11.4. The molecule has 2 N–H and O–H groups in total. The van der Waals surface area contributed by atoms with Crippen molar-refractivity contribution in [1.29, 1.82) is 0 Å². The highest BCUT2D eigenvalue weighted by atomic mass is 32.2. The van der Waals surface area contributed by atoms with Crippen molar-refractivity contribution in [2.75, 3.05) is 20.6 Å². The molecule has 2 unspecified atom stereocenters. The molecule has 1 fully saturated rings. The van der Waals surface area contributed by atoms with Gasteiger partial charge in [-0.05, 0) is 18.8 Å². The van der Waals surface area contributed by atoms with Gasteiger partial charge in [0.2, 0.25) is 0 Å². The van der Waals surface area contributed by atoms with Crippen LogP contribution < -0.4 is 4.72 Å². The number of carbonyl (C=O) groups is 1. The second kappa shape index (κ2) is 5.11. The minimum absolute atomic E-state index is 0.0905. The third-order valence-electron chi connectivity index (χ3n) is 2.98. The maximum Gasteiger partial charge on any atom is 0.306 e. The summed E-state index contributed by atoms with van der Waals surface area (Å²) in [6.45, 7) is 0.206. The molecule has 7 heteroatoms. The summed E-state index contributed by atoms with van der Waals surface area (Å²) in [4.78, 5) is 10.9. The van der Waals surface area contributed by atoms with Crippen LogP contribution >= 0.6 is 0 Å². The van der Waals surface area contributed by atoms with Crippen LogP contribution in [0.5, 0.6) is 0 Å². The minimum atomic E-state index is -3.44. The predicted octanol–water partition coefficient (Wildman–Crippen LogP) is -0.117. The summed E-state index contributed by atoms with van der Waals surface area (Å²) in [6, 6.07) is 0. The zero-order chi connectivity index (χ0) is 12.3. The van der Waals surface area contributed by atoms with Crippen LogP contribution in [0.15, 0.2) is 0 Å². The lowest BCUT2D eigenvalue weighted by Gasteiger charge is -2.18. The second-order valence-electron chi connectivity index (χ2n) is 4.27. The standard InChI is InChI=1S/C9H18N2O4S/c1-11(2)16(14,15)10-6-7-4-3-5-8(7)9(12)13/h7-8,10H,3-6H2,1-2H3,(H,12,13). The Morgan fingerprint density at radius 1 is 1.44 bits per heavy atom. The lowest BCUT2D eigenvalue weighted by Crippen LogP contribution is -2.39. The van der Waals surface area contributed by atoms with E-state index in [9.17, 15) is 13.2 Å². The Bertz CT molecular complexity index is 353. The number of aliphatic carboxylic acids is 1. The van der Waals surface area contributed by atoms with Crippen molar-refractivity contribution in [3.8, 4) is 0 Å². The highest BCUT2D eigenvalue weighted by Crippen LogP contribution is 2.31. The number of rotatable bonds is 5. The fraction of sp³-hybridized carbons (Fsp3) is 0.889. The molecular formula is C9H18N2O4S. The normalized spacial score (nSPS) is 26.2. The molecule has 16 heavy (non-hydrogen) atoms. The van der Waals surface area contributed by atoms with E-state index in [1.165, 1.54) is 14.1 Å². The maximum absolute atomic E-state index is 11.4. The van der Waals surface area contributed by atoms with Crippen LogP contribution in [0, 0.1) is 11.8 Å². The van der Waals surface area contributed by atoms with Crippen LogP contribution in [0.3, 0.4) is 0 Å². The van der Waals surface area contributed by atoms with E-state index in [4.69, 9.17) is 5.11 Å². The van der Waals surface area contributed by atoms with Crippen LogP contribution in [0.4, 0.5) is 0 Å². The SMILES string of the molecule is CN(C)S(=O)(=O)NCC1CCCC1C(=O)O. The third-order valence-corrected chi connectivity index (χ3v) is 4.48. The van der Waals surface area contributed by atoms with Gasteiger partial charge >= 0.3 is 5.97 Å². The Balaban J connectivity index is 2.53. The molecule has 1 rings (SSSR count). The third kappa shape index (κ3) is 3.16. The largest absolute Gasteiger partial charge is 0.481 e. The van der Waals surface area contributed by atoms with E-state index in [1.54, 1.807) is 0 Å². The molecule has 0 radical (unpaired) electrons. The van der Waals surface area contributed by atoms with Gasteiger partial charge in [-0.2, -0.15) is 12.7 Å². The van der Waals surface area contributed by atoms with E-state index in [-0.39, 0.29) is 12.5 Å². The van der Waals surface area contributed by atoms with Crippen LogP contribution in [0.25, 0.3) is 0 Å². The Morgan fingerprint density at radius 3 is 2.56 bits per heavy atom. The van der Waals surface area contributed by atoms with Crippen molar-refractivity contribution in [3.63, 3.8) is 0 Å². The average molecular weight is 250 g/mol. The van der Waals surface area contributed by atoms with E-state index < -0.39 is 22.1 Å². The predicted molar refractivity (Wildman–Crippen MR) is 59.1 cm³/mol. The molecule has 0 aromatic rings. The zero-order valence-corrected chi connectivity index (χ0v) is 10.3. The molecule has 0 aromatic carbocycles. The lowest BCUT2D eigenvalue weighted by atomic mass is 9.97. The molecule has 1 aliphatic carbocycles. The first-order valence-corrected chi connectivity index (χ1v) is 6.68. The number of hydrogen-bond acceptors (Lipinski definition) is 3. The Labute approximate surface area is 95.8 Å². The van der Waals surface area contributed by atoms with Crippen molar-refractivity contribution >= 4 is 16.2 Å². The first-order valence-electron chi connectivity index (χ1n) is 5.24. The van der Waals surface area contributed by atoms with E-state index >= 15 is 0 Å². The smallest absolute Gasteiger partial charge is 0.306 e. The van der Waals surface area contributed by atoms with E-state index in [1.807, 2.05) is 0 Å². The van der Waals surface area contributed by atoms with E-state index in [2.05, 4.69) is 4.72 Å². The van der Waals surface area contributed by atoms with Gasteiger partial charge in [0.15, 0.2) is 0 Å². The summed E-state index contributed by atoms with van der Waals surface area (Å²) in [6.07, 6.45) is 2.27. The Hall–Kier alpha value is -0.660. The fourth-order valence-corrected chi connectivity index (χ4v) is 2.63. The van der Waals surface area contributed by atoms with Crippen LogP contribution in [0.2, 0.25) is 0 Å². The monoisotopic (exact) mass is 250 g/mol. The van der Waals surface area contributed by atoms with Crippen molar-refractivity contribution in [3.05, 3.63) is 0 Å². The van der Waals surface area contributed by atoms with Gasteiger partial charge in [-0.15, -0.1) is 0 Å². The average Bonchev–Trinajstić information content (AvgIpc) is 2.62. The van der Waals surface area contributed by atoms with Crippen molar-refractivity contribution in [2.24, 2.45) is 11.8 Å². The molecule has 94 valence electrons. The van der Waals surface area contributed by atoms with Crippen molar-refractivity contribution in [1.82, 2.24) is 9.03 Å². The molecule has 0 saturated heterocycles. The van der Waals surface area contributed by atoms with Gasteiger partial charge in [0.25, 0.3) is 10.2 Å². The van der Waals surface area contributed by atoms with Gasteiger partial charge < -0.3 is 5.11 Å². The Kier molecular flexibility index (Phi) is 4.28. The number of carboxylic acid groups (broad SMARTS) is 1. The molecule has 0 spiro atoms. The van der Waals surface area contributed by atoms with Gasteiger partial charge in [-0.3, -0.25) is 4.79 Å². The molecule has 1 aliphatic rings. The van der Waals surface area contributed by atoms with Gasteiger partial charge in [0.05, 0.1) is 5.92 Å². The van der Waals surface area contributed by atoms with Gasteiger partial charge in [0.1, 0.15) is 0 Å². The van der Waals surface area contributed by atoms with Crippen molar-refractivity contribution in [2.45, 2.75) is 19.3 Å². The molecule has 6 nitrogen and oxygen atoms in total. The van der Waals surface area contributed by atoms with Crippen LogP contribution in [-0.4, -0.2) is 44.4 Å². The molecule has 1 saturated carbocycles. The molecule has 0 bridgehead atoms. The van der Waals surface area contributed by atoms with Crippen LogP contribution in [-0.2, 0) is 15.0 Å². The number of nitrogens with one attached hydrogen (secondary N) is 1. The summed E-state index contributed by atoms with van der Waals surface area (Å²) in [5.41, 5.74) is 0.